The Bertz CT molecular complexity index is 3770. The minimum Gasteiger partial charge on any atom is -0.492 e. The van der Waals surface area contributed by atoms with Crippen molar-refractivity contribution in [2.24, 2.45) is 0 Å². The Labute approximate surface area is 687 Å². The molecule has 0 radical (unpaired) electrons. The van der Waals surface area contributed by atoms with Gasteiger partial charge in [-0.2, -0.15) is 39.5 Å². The first-order chi connectivity index (χ1) is 53.7. The molecule has 0 atom stereocenters. The van der Waals surface area contributed by atoms with Gasteiger partial charge in [0, 0.05) is 93.6 Å². The maximum Gasteiger partial charge on any atom is 0.417 e. The van der Waals surface area contributed by atoms with Crippen LogP contribution < -0.4 is 28.4 Å². The van der Waals surface area contributed by atoms with Crippen LogP contribution in [0.4, 0.5) is 39.5 Å². The summed E-state index contributed by atoms with van der Waals surface area (Å²) in [6.07, 6.45) is -5.68. The lowest BCUT2D eigenvalue weighted by molar-refractivity contribution is -0.138. The SMILES string of the molecule is Cc1cc(C(F)(F)F)c(Cl)cc1OCCN1CCCC1.Cc1cc(C(F)(F)F)c(Cl)cc1OCCN1CCOCC1.Cc1cc(C(F)(F)F)ccc1OCCN1CCCC1.Cc1cc(C)c(OCCN2CCCC2)cc1Cl.Cc1cc(C)c(OCCN2CCOCC2)cc1Cl.Cc1cc(C)c(OCCN2CCOCC2)cc1Cl. The molecule has 6 aliphatic rings. The van der Waals surface area contributed by atoms with E-state index in [9.17, 15) is 39.5 Å². The Kier molecular flexibility index (Phi) is 40.1. The van der Waals surface area contributed by atoms with Crippen molar-refractivity contribution in [3.8, 4) is 34.5 Å². The van der Waals surface area contributed by atoms with E-state index in [2.05, 4.69) is 54.5 Å². The predicted octanol–water partition coefficient (Wildman–Crippen LogP) is 19.8. The summed E-state index contributed by atoms with van der Waals surface area (Å²) in [5.74, 6) is 4.04. The number of rotatable bonds is 24. The van der Waals surface area contributed by atoms with E-state index in [1.54, 1.807) is 20.8 Å². The van der Waals surface area contributed by atoms with Crippen LogP contribution >= 0.6 is 58.0 Å². The zero-order chi connectivity index (χ0) is 82.3. The van der Waals surface area contributed by atoms with Gasteiger partial charge in [0.25, 0.3) is 0 Å². The molecule has 0 amide bonds. The number of halogens is 14. The van der Waals surface area contributed by atoms with Crippen molar-refractivity contribution in [2.45, 2.75) is 119 Å². The Morgan fingerprint density at radius 2 is 0.487 bits per heavy atom. The second-order valence-electron chi connectivity index (χ2n) is 28.9. The lowest BCUT2D eigenvalue weighted by Crippen LogP contribution is -2.38. The van der Waals surface area contributed by atoms with Gasteiger partial charge in [-0.05, 0) is 251 Å². The van der Waals surface area contributed by atoms with E-state index in [4.69, 9.17) is 101 Å². The van der Waals surface area contributed by atoms with Crippen molar-refractivity contribution in [1.82, 2.24) is 29.4 Å². The molecule has 29 heteroatoms. The average Bonchev–Trinajstić information content (AvgIpc) is 1.25. The van der Waals surface area contributed by atoms with E-state index in [-0.39, 0.29) is 10.0 Å². The smallest absolute Gasteiger partial charge is 0.417 e. The first-order valence-electron chi connectivity index (χ1n) is 38.8. The molecular formula is C84H112Cl5F9N6O9. The molecule has 6 aromatic rings. The van der Waals surface area contributed by atoms with Crippen LogP contribution in [0.5, 0.6) is 34.5 Å². The normalized spacial score (nSPS) is 16.8. The van der Waals surface area contributed by atoms with E-state index < -0.39 is 35.2 Å². The number of ether oxygens (including phenoxy) is 9. The molecule has 15 nitrogen and oxygen atoms in total. The fourth-order valence-corrected chi connectivity index (χ4v) is 14.1. The number of nitrogens with zero attached hydrogens (tertiary/aromatic N) is 6. The summed E-state index contributed by atoms with van der Waals surface area (Å²) in [6.45, 7) is 42.9. The fourth-order valence-electron chi connectivity index (χ4n) is 13.2. The highest BCUT2D eigenvalue weighted by atomic mass is 35.5. The standard InChI is InChI=1S/C14H17ClF3NO2.C14H17ClF3NO.2C14H20ClNO2.C14H20ClNO.C14H18F3NO/c1-10-8-11(14(16,17)18)12(15)9-13(10)21-7-4-19-2-5-20-6-3-19;1-10-8-11(14(16,17)18)12(15)9-13(10)20-7-6-19-4-2-3-5-19;2*1-11-9-12(2)14(10-13(11)15)18-8-5-16-3-6-17-7-4-16;1-11-9-12(2)14(10-13(11)15)17-8-7-16-5-3-4-6-16;1-11-10-12(14(15,16)17)4-5-13(11)19-9-8-18-6-2-3-7-18/h8-9H,2-7H2,1H3;8-9H,2-7H2,1H3;2*9-10H,3-8H2,1-2H3;9-10H,3-8H2,1-2H3;4-5,10H,2-3,6-9H2,1H3. The minimum atomic E-state index is -4.45. The summed E-state index contributed by atoms with van der Waals surface area (Å²) in [6, 6.07) is 20.1. The van der Waals surface area contributed by atoms with Crippen molar-refractivity contribution in [1.29, 1.82) is 0 Å². The summed E-state index contributed by atoms with van der Waals surface area (Å²) in [5.41, 5.74) is 5.85. The maximum atomic E-state index is 12.7. The average molecular weight is 1700 g/mol. The minimum absolute atomic E-state index is 0.320. The maximum absolute atomic E-state index is 12.7. The van der Waals surface area contributed by atoms with Crippen molar-refractivity contribution >= 4 is 58.0 Å². The molecule has 6 aliphatic heterocycles. The summed E-state index contributed by atoms with van der Waals surface area (Å²) in [5, 5.41) is 1.66. The zero-order valence-corrected chi connectivity index (χ0v) is 70.4. The van der Waals surface area contributed by atoms with Gasteiger partial charge < -0.3 is 42.6 Å². The number of hydrogen-bond acceptors (Lipinski definition) is 15. The number of likely N-dealkylation sites (tertiary alicyclic amines) is 3. The largest absolute Gasteiger partial charge is 0.492 e. The predicted molar refractivity (Wildman–Crippen MR) is 433 cm³/mol. The van der Waals surface area contributed by atoms with Crippen LogP contribution in [0.25, 0.3) is 0 Å². The number of morpholine rings is 3. The van der Waals surface area contributed by atoms with Gasteiger partial charge in [-0.25, -0.2) is 0 Å². The topological polar surface area (TPSA) is 103 Å². The van der Waals surface area contributed by atoms with Crippen LogP contribution in [0.2, 0.25) is 25.1 Å². The Hall–Kier alpha value is -5.42. The van der Waals surface area contributed by atoms with Gasteiger partial charge in [-0.15, -0.1) is 0 Å². The molecular weight excluding hydrogens is 1590 g/mol. The Morgan fingerprint density at radius 3 is 0.726 bits per heavy atom. The first-order valence-corrected chi connectivity index (χ1v) is 40.7. The molecule has 0 aliphatic carbocycles. The molecule has 113 heavy (non-hydrogen) atoms. The summed E-state index contributed by atoms with van der Waals surface area (Å²) in [7, 11) is 0. The molecule has 0 bridgehead atoms. The number of hydrogen-bond donors (Lipinski definition) is 0. The quantitative estimate of drug-likeness (QED) is 0.0537. The van der Waals surface area contributed by atoms with Crippen LogP contribution in [-0.2, 0) is 32.7 Å². The second-order valence-corrected chi connectivity index (χ2v) is 30.9. The molecule has 6 heterocycles. The van der Waals surface area contributed by atoms with Gasteiger partial charge in [0.15, 0.2) is 0 Å². The zero-order valence-electron chi connectivity index (χ0n) is 66.6. The van der Waals surface area contributed by atoms with Crippen LogP contribution in [0.1, 0.15) is 105 Å². The first kappa shape index (κ1) is 94.7. The highest BCUT2D eigenvalue weighted by Crippen LogP contribution is 2.41. The molecule has 6 fully saturated rings. The van der Waals surface area contributed by atoms with E-state index >= 15 is 0 Å². The molecule has 6 saturated heterocycles. The molecule has 0 N–H and O–H groups in total. The molecule has 6 aromatic carbocycles. The monoisotopic (exact) mass is 1690 g/mol. The lowest BCUT2D eigenvalue weighted by Gasteiger charge is -2.26. The van der Waals surface area contributed by atoms with Crippen molar-refractivity contribution in [2.75, 3.05) is 197 Å². The van der Waals surface area contributed by atoms with Crippen LogP contribution in [0, 0.1) is 62.3 Å². The summed E-state index contributed by atoms with van der Waals surface area (Å²) >= 11 is 29.7. The molecule has 0 aromatic heterocycles. The van der Waals surface area contributed by atoms with Gasteiger partial charge in [-0.1, -0.05) is 76.2 Å². The van der Waals surface area contributed by atoms with Gasteiger partial charge in [0.1, 0.15) is 74.1 Å². The third-order valence-corrected chi connectivity index (χ3v) is 21.8. The molecule has 0 spiro atoms. The van der Waals surface area contributed by atoms with Gasteiger partial charge in [0.2, 0.25) is 0 Å². The van der Waals surface area contributed by atoms with Gasteiger partial charge >= 0.3 is 18.5 Å². The highest BCUT2D eigenvalue weighted by Gasteiger charge is 2.36. The lowest BCUT2D eigenvalue weighted by atomic mass is 10.1. The molecule has 12 rings (SSSR count). The van der Waals surface area contributed by atoms with Crippen molar-refractivity contribution < 1.29 is 82.1 Å². The fraction of sp³-hybridized carbons (Fsp3) is 0.571. The van der Waals surface area contributed by atoms with E-state index in [1.807, 2.05) is 52.8 Å². The third kappa shape index (κ3) is 33.5. The number of benzene rings is 6. The second kappa shape index (κ2) is 47.8. The van der Waals surface area contributed by atoms with Gasteiger partial charge in [-0.3, -0.25) is 29.4 Å². The highest BCUT2D eigenvalue weighted by molar-refractivity contribution is 6.32. The number of aryl methyl sites for hydroxylation is 9. The summed E-state index contributed by atoms with van der Waals surface area (Å²) in [4.78, 5) is 13.9. The van der Waals surface area contributed by atoms with E-state index in [1.165, 1.54) is 69.8 Å². The Morgan fingerprint density at radius 1 is 0.265 bits per heavy atom. The van der Waals surface area contributed by atoms with Crippen molar-refractivity contribution in [3.63, 3.8) is 0 Å². The molecule has 630 valence electrons. The van der Waals surface area contributed by atoms with Crippen molar-refractivity contribution in [3.05, 3.63) is 171 Å². The van der Waals surface area contributed by atoms with Crippen LogP contribution in [-0.4, -0.2) is 226 Å². The van der Waals surface area contributed by atoms with Gasteiger partial charge in [0.05, 0.1) is 66.4 Å². The van der Waals surface area contributed by atoms with Crippen LogP contribution in [0.15, 0.2) is 78.9 Å². The third-order valence-electron chi connectivity index (χ3n) is 19.9. The van der Waals surface area contributed by atoms with Crippen LogP contribution in [0.3, 0.4) is 0 Å². The summed E-state index contributed by atoms with van der Waals surface area (Å²) < 4.78 is 164. The number of alkyl halides is 9. The molecule has 0 saturated carbocycles. The van der Waals surface area contributed by atoms with E-state index in [0.29, 0.717) is 86.7 Å². The van der Waals surface area contributed by atoms with E-state index in [0.717, 1.165) is 221 Å². The molecule has 0 unspecified atom stereocenters. The Balaban J connectivity index is 0.000000188.